The fraction of sp³-hybridized carbons (Fsp3) is 0.450. The number of amides is 2. The Bertz CT molecular complexity index is 774. The number of thiophene rings is 1. The zero-order valence-corrected chi connectivity index (χ0v) is 15.6. The molecule has 2 heterocycles. The van der Waals surface area contributed by atoms with E-state index >= 15 is 0 Å². The first kappa shape index (κ1) is 17.5. The summed E-state index contributed by atoms with van der Waals surface area (Å²) in [6.45, 7) is 3.82. The number of carbonyl (C=O) groups excluding carboxylic acids is 1. The third kappa shape index (κ3) is 4.07. The van der Waals surface area contributed by atoms with Gasteiger partial charge in [-0.1, -0.05) is 18.2 Å². The van der Waals surface area contributed by atoms with Crippen molar-refractivity contribution in [2.75, 3.05) is 19.6 Å². The van der Waals surface area contributed by atoms with Crippen LogP contribution in [-0.2, 0) is 19.5 Å². The summed E-state index contributed by atoms with van der Waals surface area (Å²) in [6.07, 6.45) is 3.12. The molecule has 1 saturated carbocycles. The number of carbonyl (C=O) groups is 1. The topological polar surface area (TPSA) is 35.6 Å². The second kappa shape index (κ2) is 7.76. The summed E-state index contributed by atoms with van der Waals surface area (Å²) in [7, 11) is 0. The number of urea groups is 1. The number of rotatable bonds is 6. The minimum absolute atomic E-state index is 0.0796. The van der Waals surface area contributed by atoms with Crippen molar-refractivity contribution in [3.05, 3.63) is 57.5 Å². The molecular weight excluding hydrogens is 349 g/mol. The highest BCUT2D eigenvalue weighted by atomic mass is 32.1. The van der Waals surface area contributed by atoms with E-state index in [0.717, 1.165) is 38.9 Å². The van der Waals surface area contributed by atoms with E-state index in [2.05, 4.69) is 21.7 Å². The largest absolute Gasteiger partial charge is 0.337 e. The Labute approximate surface area is 157 Å². The molecule has 1 aromatic carbocycles. The maximum atomic E-state index is 13.9. The van der Waals surface area contributed by atoms with Gasteiger partial charge in [0.2, 0.25) is 0 Å². The summed E-state index contributed by atoms with van der Waals surface area (Å²) in [5.41, 5.74) is 2.00. The van der Waals surface area contributed by atoms with E-state index in [0.29, 0.717) is 18.7 Å². The molecule has 0 unspecified atom stereocenters. The lowest BCUT2D eigenvalue weighted by molar-refractivity contribution is 0.187. The molecule has 1 aliphatic heterocycles. The minimum atomic E-state index is -0.245. The van der Waals surface area contributed by atoms with Gasteiger partial charge in [0.15, 0.2) is 0 Å². The average molecular weight is 373 g/mol. The minimum Gasteiger partial charge on any atom is -0.337 e. The predicted molar refractivity (Wildman–Crippen MR) is 102 cm³/mol. The van der Waals surface area contributed by atoms with Crippen LogP contribution in [0.3, 0.4) is 0 Å². The Morgan fingerprint density at radius 3 is 2.96 bits per heavy atom. The number of nitrogens with zero attached hydrogens (tertiary/aromatic N) is 2. The molecule has 138 valence electrons. The van der Waals surface area contributed by atoms with Crippen LogP contribution in [0.2, 0.25) is 0 Å². The van der Waals surface area contributed by atoms with Gasteiger partial charge in [0, 0.05) is 42.7 Å². The molecule has 0 radical (unpaired) electrons. The number of fused-ring (bicyclic) bond motifs is 1. The smallest absolute Gasteiger partial charge is 0.317 e. The molecule has 2 aromatic rings. The first-order valence-corrected chi connectivity index (χ1v) is 10.1. The second-order valence-corrected chi connectivity index (χ2v) is 8.08. The lowest BCUT2D eigenvalue weighted by Crippen LogP contribution is -2.44. The Hall–Kier alpha value is -1.92. The Morgan fingerprint density at radius 1 is 1.31 bits per heavy atom. The van der Waals surface area contributed by atoms with Crippen LogP contribution in [0.5, 0.6) is 0 Å². The molecule has 1 aromatic heterocycles. The molecule has 2 amide bonds. The van der Waals surface area contributed by atoms with Gasteiger partial charge in [-0.15, -0.1) is 11.3 Å². The Kier molecular flexibility index (Phi) is 5.22. The Balaban J connectivity index is 1.28. The van der Waals surface area contributed by atoms with Gasteiger partial charge in [0.05, 0.1) is 6.54 Å². The van der Waals surface area contributed by atoms with Crippen LogP contribution < -0.4 is 5.32 Å². The van der Waals surface area contributed by atoms with Crippen LogP contribution in [-0.4, -0.2) is 41.5 Å². The van der Waals surface area contributed by atoms with E-state index in [1.807, 2.05) is 17.4 Å². The van der Waals surface area contributed by atoms with Gasteiger partial charge < -0.3 is 10.2 Å². The van der Waals surface area contributed by atoms with Crippen molar-refractivity contribution in [1.29, 1.82) is 0 Å². The highest BCUT2D eigenvalue weighted by Gasteiger charge is 2.33. The predicted octanol–water partition coefficient (Wildman–Crippen LogP) is 3.62. The van der Waals surface area contributed by atoms with E-state index in [1.54, 1.807) is 17.0 Å². The fourth-order valence-electron chi connectivity index (χ4n) is 3.48. The summed E-state index contributed by atoms with van der Waals surface area (Å²) in [5.74, 6) is -0.245. The van der Waals surface area contributed by atoms with Crippen molar-refractivity contribution >= 4 is 17.4 Å². The monoisotopic (exact) mass is 373 g/mol. The molecule has 6 heteroatoms. The van der Waals surface area contributed by atoms with Gasteiger partial charge in [-0.2, -0.15) is 0 Å². The van der Waals surface area contributed by atoms with Crippen molar-refractivity contribution in [2.24, 2.45) is 0 Å². The molecule has 0 saturated heterocycles. The molecule has 4 rings (SSSR count). The van der Waals surface area contributed by atoms with Crippen molar-refractivity contribution in [3.8, 4) is 0 Å². The molecule has 1 fully saturated rings. The lowest BCUT2D eigenvalue weighted by Gasteiger charge is -2.28. The average Bonchev–Trinajstić information content (AvgIpc) is 3.37. The molecule has 26 heavy (non-hydrogen) atoms. The molecule has 2 aliphatic rings. The quantitative estimate of drug-likeness (QED) is 0.839. The molecule has 1 aliphatic carbocycles. The number of hydrogen-bond donors (Lipinski definition) is 1. The lowest BCUT2D eigenvalue weighted by atomic mass is 10.1. The van der Waals surface area contributed by atoms with Crippen LogP contribution in [0.1, 0.15) is 28.8 Å². The van der Waals surface area contributed by atoms with E-state index in [4.69, 9.17) is 0 Å². The zero-order chi connectivity index (χ0) is 17.9. The highest BCUT2D eigenvalue weighted by Crippen LogP contribution is 2.29. The van der Waals surface area contributed by atoms with Crippen molar-refractivity contribution in [1.82, 2.24) is 15.1 Å². The first-order valence-electron chi connectivity index (χ1n) is 9.26. The van der Waals surface area contributed by atoms with E-state index in [9.17, 15) is 9.18 Å². The first-order chi connectivity index (χ1) is 12.7. The van der Waals surface area contributed by atoms with Gasteiger partial charge >= 0.3 is 6.03 Å². The third-order valence-electron chi connectivity index (χ3n) is 5.14. The molecule has 4 nitrogen and oxygen atoms in total. The summed E-state index contributed by atoms with van der Waals surface area (Å²) < 4.78 is 13.9. The van der Waals surface area contributed by atoms with Crippen LogP contribution in [0.4, 0.5) is 9.18 Å². The SMILES string of the molecule is O=C(NCCN1CCc2sccc2C1)N(Cc1ccccc1F)C1CC1. The summed E-state index contributed by atoms with van der Waals surface area (Å²) in [6, 6.07) is 9.07. The number of halogens is 1. The van der Waals surface area contributed by atoms with Gasteiger partial charge in [0.1, 0.15) is 5.82 Å². The van der Waals surface area contributed by atoms with Crippen molar-refractivity contribution in [3.63, 3.8) is 0 Å². The third-order valence-corrected chi connectivity index (χ3v) is 6.16. The molecule has 1 N–H and O–H groups in total. The normalized spacial score (nSPS) is 17.0. The van der Waals surface area contributed by atoms with Gasteiger partial charge in [-0.25, -0.2) is 9.18 Å². The summed E-state index contributed by atoms with van der Waals surface area (Å²) >= 11 is 1.84. The van der Waals surface area contributed by atoms with Crippen LogP contribution in [0.25, 0.3) is 0 Å². The van der Waals surface area contributed by atoms with Crippen molar-refractivity contribution < 1.29 is 9.18 Å². The maximum Gasteiger partial charge on any atom is 0.317 e. The highest BCUT2D eigenvalue weighted by molar-refractivity contribution is 7.10. The van der Waals surface area contributed by atoms with E-state index in [-0.39, 0.29) is 17.9 Å². The number of nitrogens with one attached hydrogen (secondary N) is 1. The van der Waals surface area contributed by atoms with Gasteiger partial charge in [0.25, 0.3) is 0 Å². The van der Waals surface area contributed by atoms with Crippen LogP contribution in [0.15, 0.2) is 35.7 Å². The van der Waals surface area contributed by atoms with Gasteiger partial charge in [-0.3, -0.25) is 4.90 Å². The van der Waals surface area contributed by atoms with E-state index in [1.165, 1.54) is 16.5 Å². The standard InChI is InChI=1S/C20H24FN3OS/c21-18-4-2-1-3-15(18)14-24(17-5-6-17)20(25)22-9-11-23-10-7-19-16(13-23)8-12-26-19/h1-4,8,12,17H,5-7,9-11,13-14H2,(H,22,25). The molecule has 0 atom stereocenters. The second-order valence-electron chi connectivity index (χ2n) is 7.08. The Morgan fingerprint density at radius 2 is 2.15 bits per heavy atom. The van der Waals surface area contributed by atoms with Gasteiger partial charge in [-0.05, 0) is 42.3 Å². The molecular formula is C20H24FN3OS. The summed E-state index contributed by atoms with van der Waals surface area (Å²) in [4.78, 5) is 18.3. The molecule has 0 spiro atoms. The summed E-state index contributed by atoms with van der Waals surface area (Å²) in [5, 5.41) is 5.19. The zero-order valence-electron chi connectivity index (χ0n) is 14.8. The fourth-order valence-corrected chi connectivity index (χ4v) is 4.37. The number of benzene rings is 1. The number of hydrogen-bond acceptors (Lipinski definition) is 3. The van der Waals surface area contributed by atoms with E-state index < -0.39 is 0 Å². The van der Waals surface area contributed by atoms with Crippen molar-refractivity contribution in [2.45, 2.75) is 38.4 Å². The molecule has 0 bridgehead atoms. The van der Waals surface area contributed by atoms with Crippen LogP contribution in [0, 0.1) is 5.82 Å². The maximum absolute atomic E-state index is 13.9. The van der Waals surface area contributed by atoms with Crippen LogP contribution >= 0.6 is 11.3 Å².